The Morgan fingerprint density at radius 2 is 1.88 bits per heavy atom. The Balaban J connectivity index is 1.35. The van der Waals surface area contributed by atoms with Gasteiger partial charge in [0.05, 0.1) is 12.1 Å². The summed E-state index contributed by atoms with van der Waals surface area (Å²) in [5.41, 5.74) is 3.92. The number of likely N-dealkylation sites (N-methyl/N-ethyl adjacent to an activating group) is 1. The van der Waals surface area contributed by atoms with Gasteiger partial charge in [-0.1, -0.05) is 30.3 Å². The molecule has 2 heterocycles. The molecule has 1 aliphatic rings. The number of nitrogens with zero attached hydrogens (tertiary/aromatic N) is 3. The third-order valence-corrected chi connectivity index (χ3v) is 5.89. The van der Waals surface area contributed by atoms with Crippen molar-refractivity contribution in [3.8, 4) is 11.3 Å². The molecule has 1 N–H and O–H groups in total. The third kappa shape index (κ3) is 5.39. The Labute approximate surface area is 188 Å². The second-order valence-corrected chi connectivity index (χ2v) is 8.42. The molecular weight excluding hydrogens is 403 g/mol. The fourth-order valence-corrected chi connectivity index (χ4v) is 4.03. The highest BCUT2D eigenvalue weighted by molar-refractivity contribution is 5.94. The normalized spacial score (nSPS) is 16.7. The molecule has 0 aliphatic carbocycles. The van der Waals surface area contributed by atoms with Gasteiger partial charge in [0.1, 0.15) is 5.82 Å². The number of anilines is 1. The number of carbonyl (C=O) groups is 1. The van der Waals surface area contributed by atoms with E-state index in [1.165, 1.54) is 11.6 Å². The summed E-state index contributed by atoms with van der Waals surface area (Å²) < 4.78 is 14.0. The molecule has 0 saturated carbocycles. The smallest absolute Gasteiger partial charge is 0.231 e. The zero-order chi connectivity index (χ0) is 22.5. The molecule has 3 aromatic rings. The van der Waals surface area contributed by atoms with Crippen molar-refractivity contribution in [2.24, 2.45) is 0 Å². The molecule has 1 fully saturated rings. The molecule has 1 aliphatic heterocycles. The van der Waals surface area contributed by atoms with Crippen molar-refractivity contribution in [1.29, 1.82) is 0 Å². The topological polar surface area (TPSA) is 48.5 Å². The van der Waals surface area contributed by atoms with Gasteiger partial charge in [0.25, 0.3) is 0 Å². The minimum Gasteiger partial charge on any atom is -0.315 e. The van der Waals surface area contributed by atoms with E-state index in [2.05, 4.69) is 34.3 Å². The van der Waals surface area contributed by atoms with Crippen molar-refractivity contribution in [3.05, 3.63) is 83.8 Å². The lowest BCUT2D eigenvalue weighted by molar-refractivity contribution is -0.117. The number of halogens is 1. The van der Waals surface area contributed by atoms with Crippen LogP contribution in [0.3, 0.4) is 0 Å². The summed E-state index contributed by atoms with van der Waals surface area (Å²) in [5, 5.41) is 3.46. The number of piperazine rings is 1. The van der Waals surface area contributed by atoms with Gasteiger partial charge in [0.2, 0.25) is 5.91 Å². The zero-order valence-corrected chi connectivity index (χ0v) is 18.6. The van der Waals surface area contributed by atoms with Gasteiger partial charge in [0.15, 0.2) is 0 Å². The summed E-state index contributed by atoms with van der Waals surface area (Å²) in [4.78, 5) is 21.2. The van der Waals surface area contributed by atoms with Crippen LogP contribution in [0.5, 0.6) is 0 Å². The maximum Gasteiger partial charge on any atom is 0.231 e. The lowest BCUT2D eigenvalue weighted by atomic mass is 10.1. The van der Waals surface area contributed by atoms with E-state index in [4.69, 9.17) is 0 Å². The molecule has 166 valence electrons. The number of hydrogen-bond donors (Lipinski definition) is 1. The lowest BCUT2D eigenvalue weighted by Gasteiger charge is -2.31. The Kier molecular flexibility index (Phi) is 6.93. The molecule has 1 saturated heterocycles. The first-order valence-electron chi connectivity index (χ1n) is 11.0. The summed E-state index contributed by atoms with van der Waals surface area (Å²) in [6, 6.07) is 18.8. The number of amides is 1. The van der Waals surface area contributed by atoms with E-state index in [0.717, 1.165) is 37.4 Å². The highest BCUT2D eigenvalue weighted by Crippen LogP contribution is 2.21. The number of benzene rings is 2. The highest BCUT2D eigenvalue weighted by Gasteiger charge is 2.16. The van der Waals surface area contributed by atoms with Gasteiger partial charge in [-0.3, -0.25) is 14.7 Å². The Bertz CT molecular complexity index is 1050. The average molecular weight is 433 g/mol. The average Bonchev–Trinajstić information content (AvgIpc) is 2.80. The summed E-state index contributed by atoms with van der Waals surface area (Å²) in [6.45, 7) is 6.24. The van der Waals surface area contributed by atoms with Crippen molar-refractivity contribution in [2.75, 3.05) is 31.6 Å². The van der Waals surface area contributed by atoms with E-state index < -0.39 is 0 Å². The molecule has 6 heteroatoms. The van der Waals surface area contributed by atoms with Gasteiger partial charge in [-0.05, 0) is 48.4 Å². The van der Waals surface area contributed by atoms with Crippen LogP contribution in [0.15, 0.2) is 66.9 Å². The molecule has 4 rings (SSSR count). The van der Waals surface area contributed by atoms with Crippen molar-refractivity contribution >= 4 is 11.6 Å². The van der Waals surface area contributed by atoms with E-state index in [1.54, 1.807) is 42.4 Å². The van der Waals surface area contributed by atoms with Gasteiger partial charge in [-0.2, -0.15) is 0 Å². The van der Waals surface area contributed by atoms with Crippen molar-refractivity contribution in [3.63, 3.8) is 0 Å². The molecular formula is C26H29FN4O. The van der Waals surface area contributed by atoms with Crippen molar-refractivity contribution < 1.29 is 9.18 Å². The van der Waals surface area contributed by atoms with E-state index in [0.29, 0.717) is 17.3 Å². The molecule has 1 aromatic heterocycles. The number of nitrogens with one attached hydrogen (secondary N) is 1. The highest BCUT2D eigenvalue weighted by atomic mass is 19.1. The van der Waals surface area contributed by atoms with Crippen LogP contribution in [-0.2, 0) is 17.8 Å². The van der Waals surface area contributed by atoms with Gasteiger partial charge in [-0.15, -0.1) is 0 Å². The Hall–Kier alpha value is -3.09. The predicted molar refractivity (Wildman–Crippen MR) is 126 cm³/mol. The summed E-state index contributed by atoms with van der Waals surface area (Å²) >= 11 is 0. The van der Waals surface area contributed by atoms with Crippen LogP contribution in [0.2, 0.25) is 0 Å². The quantitative estimate of drug-likeness (QED) is 0.642. The molecule has 5 nitrogen and oxygen atoms in total. The standard InChI is InChI=1S/C26H29FN4O/c1-19-17-31(14-13-28-19)18-20-7-10-22(11-8-20)30(2)26(32)15-21-9-12-25(29-16-21)23-5-3-4-6-24(23)27/h3-12,16,19,28H,13-15,17-18H2,1-2H3/t19-/m0/s1. The number of aromatic nitrogens is 1. The Morgan fingerprint density at radius 3 is 2.56 bits per heavy atom. The maximum absolute atomic E-state index is 14.0. The van der Waals surface area contributed by atoms with E-state index in [1.807, 2.05) is 18.2 Å². The number of pyridine rings is 1. The number of carbonyl (C=O) groups excluding carboxylic acids is 1. The SMILES string of the molecule is C[C@H]1CN(Cc2ccc(N(C)C(=O)Cc3ccc(-c4ccccc4F)nc3)cc2)CCN1. The monoisotopic (exact) mass is 432 g/mol. The molecule has 1 amide bonds. The molecule has 0 unspecified atom stereocenters. The van der Waals surface area contributed by atoms with Crippen LogP contribution in [0.1, 0.15) is 18.1 Å². The molecule has 0 bridgehead atoms. The number of rotatable bonds is 6. The first-order valence-corrected chi connectivity index (χ1v) is 11.0. The van der Waals surface area contributed by atoms with Gasteiger partial charge < -0.3 is 10.2 Å². The second-order valence-electron chi connectivity index (χ2n) is 8.42. The number of hydrogen-bond acceptors (Lipinski definition) is 4. The fraction of sp³-hybridized carbons (Fsp3) is 0.308. The van der Waals surface area contributed by atoms with E-state index >= 15 is 0 Å². The van der Waals surface area contributed by atoms with Gasteiger partial charge >= 0.3 is 0 Å². The fourth-order valence-electron chi connectivity index (χ4n) is 4.03. The summed E-state index contributed by atoms with van der Waals surface area (Å²) in [6.07, 6.45) is 1.88. The predicted octanol–water partition coefficient (Wildman–Crippen LogP) is 3.89. The molecule has 0 spiro atoms. The van der Waals surface area contributed by atoms with Crippen molar-refractivity contribution in [2.45, 2.75) is 25.9 Å². The molecule has 0 radical (unpaired) electrons. The zero-order valence-electron chi connectivity index (χ0n) is 18.6. The Morgan fingerprint density at radius 1 is 1.12 bits per heavy atom. The molecule has 2 aromatic carbocycles. The van der Waals surface area contributed by atoms with Crippen LogP contribution in [0.4, 0.5) is 10.1 Å². The van der Waals surface area contributed by atoms with Gasteiger partial charge in [-0.25, -0.2) is 4.39 Å². The minimum absolute atomic E-state index is 0.0193. The first-order chi connectivity index (χ1) is 15.5. The molecule has 1 atom stereocenters. The van der Waals surface area contributed by atoms with Crippen LogP contribution >= 0.6 is 0 Å². The van der Waals surface area contributed by atoms with E-state index in [9.17, 15) is 9.18 Å². The lowest BCUT2D eigenvalue weighted by Crippen LogP contribution is -2.48. The third-order valence-electron chi connectivity index (χ3n) is 5.89. The largest absolute Gasteiger partial charge is 0.315 e. The van der Waals surface area contributed by atoms with Crippen LogP contribution in [0, 0.1) is 5.82 Å². The second kappa shape index (κ2) is 10.0. The van der Waals surface area contributed by atoms with Crippen LogP contribution < -0.4 is 10.2 Å². The molecule has 32 heavy (non-hydrogen) atoms. The van der Waals surface area contributed by atoms with Crippen LogP contribution in [-0.4, -0.2) is 48.5 Å². The van der Waals surface area contributed by atoms with Crippen LogP contribution in [0.25, 0.3) is 11.3 Å². The van der Waals surface area contributed by atoms with Crippen molar-refractivity contribution in [1.82, 2.24) is 15.2 Å². The van der Waals surface area contributed by atoms with E-state index in [-0.39, 0.29) is 18.1 Å². The summed E-state index contributed by atoms with van der Waals surface area (Å²) in [5.74, 6) is -0.326. The summed E-state index contributed by atoms with van der Waals surface area (Å²) in [7, 11) is 1.79. The van der Waals surface area contributed by atoms with Gasteiger partial charge in [0, 0.05) is 56.7 Å². The maximum atomic E-state index is 14.0. The minimum atomic E-state index is -0.307. The first kappa shape index (κ1) is 22.1.